The molecule has 0 unspecified atom stereocenters. The SMILES string of the molecule is Cc1cc(/C(N)=N/O)ccc1COc1ccccc1. The lowest BCUT2D eigenvalue weighted by Crippen LogP contribution is -2.13. The first-order valence-corrected chi connectivity index (χ1v) is 5.96. The van der Waals surface area contributed by atoms with Crippen LogP contribution < -0.4 is 10.5 Å². The zero-order chi connectivity index (χ0) is 13.7. The van der Waals surface area contributed by atoms with Crippen LogP contribution >= 0.6 is 0 Å². The molecule has 0 aromatic heterocycles. The van der Waals surface area contributed by atoms with Gasteiger partial charge in [-0.2, -0.15) is 0 Å². The molecule has 0 saturated heterocycles. The molecule has 19 heavy (non-hydrogen) atoms. The summed E-state index contributed by atoms with van der Waals surface area (Å²) < 4.78 is 5.69. The summed E-state index contributed by atoms with van der Waals surface area (Å²) in [5.41, 5.74) is 8.35. The van der Waals surface area contributed by atoms with Crippen LogP contribution in [0.4, 0.5) is 0 Å². The third kappa shape index (κ3) is 3.25. The van der Waals surface area contributed by atoms with Gasteiger partial charge in [-0.15, -0.1) is 0 Å². The minimum Gasteiger partial charge on any atom is -0.489 e. The van der Waals surface area contributed by atoms with E-state index in [1.165, 1.54) is 0 Å². The molecule has 0 aliphatic heterocycles. The second kappa shape index (κ2) is 5.91. The second-order valence-electron chi connectivity index (χ2n) is 4.23. The first kappa shape index (κ1) is 13.0. The summed E-state index contributed by atoms with van der Waals surface area (Å²) in [5, 5.41) is 11.6. The fourth-order valence-electron chi connectivity index (χ4n) is 1.75. The maximum atomic E-state index is 8.64. The number of hydrogen-bond donors (Lipinski definition) is 2. The predicted octanol–water partition coefficient (Wildman–Crippen LogP) is 2.67. The number of para-hydroxylation sites is 1. The minimum absolute atomic E-state index is 0.110. The number of benzene rings is 2. The van der Waals surface area contributed by atoms with Crippen molar-refractivity contribution in [2.24, 2.45) is 10.9 Å². The Bertz CT molecular complexity index is 580. The molecule has 0 aliphatic rings. The average molecular weight is 256 g/mol. The zero-order valence-electron chi connectivity index (χ0n) is 10.7. The normalized spacial score (nSPS) is 11.3. The van der Waals surface area contributed by atoms with Crippen LogP contribution in [0.2, 0.25) is 0 Å². The summed E-state index contributed by atoms with van der Waals surface area (Å²) in [6.45, 7) is 2.46. The lowest BCUT2D eigenvalue weighted by Gasteiger charge is -2.10. The topological polar surface area (TPSA) is 67.8 Å². The van der Waals surface area contributed by atoms with Crippen molar-refractivity contribution in [3.63, 3.8) is 0 Å². The Hall–Kier alpha value is -2.49. The largest absolute Gasteiger partial charge is 0.489 e. The van der Waals surface area contributed by atoms with Gasteiger partial charge in [0, 0.05) is 5.56 Å². The minimum atomic E-state index is 0.110. The van der Waals surface area contributed by atoms with Gasteiger partial charge in [-0.1, -0.05) is 35.5 Å². The van der Waals surface area contributed by atoms with Gasteiger partial charge in [0.05, 0.1) is 0 Å². The van der Waals surface area contributed by atoms with Crippen molar-refractivity contribution in [2.45, 2.75) is 13.5 Å². The van der Waals surface area contributed by atoms with E-state index in [2.05, 4.69) is 5.16 Å². The summed E-state index contributed by atoms with van der Waals surface area (Å²) in [5.74, 6) is 0.945. The Morgan fingerprint density at radius 2 is 1.95 bits per heavy atom. The highest BCUT2D eigenvalue weighted by atomic mass is 16.5. The number of nitrogens with two attached hydrogens (primary N) is 1. The van der Waals surface area contributed by atoms with Crippen LogP contribution in [0.1, 0.15) is 16.7 Å². The monoisotopic (exact) mass is 256 g/mol. The molecule has 4 nitrogen and oxygen atoms in total. The Kier molecular flexibility index (Phi) is 4.03. The molecule has 0 saturated carbocycles. The van der Waals surface area contributed by atoms with E-state index in [0.717, 1.165) is 16.9 Å². The van der Waals surface area contributed by atoms with Gasteiger partial charge in [0.2, 0.25) is 0 Å². The maximum absolute atomic E-state index is 8.64. The number of amidine groups is 1. The van der Waals surface area contributed by atoms with Gasteiger partial charge < -0.3 is 15.7 Å². The highest BCUT2D eigenvalue weighted by molar-refractivity contribution is 5.97. The first-order chi connectivity index (χ1) is 9.20. The molecular formula is C15H16N2O2. The highest BCUT2D eigenvalue weighted by Gasteiger charge is 2.04. The van der Waals surface area contributed by atoms with E-state index in [1.54, 1.807) is 0 Å². The fourth-order valence-corrected chi connectivity index (χ4v) is 1.75. The van der Waals surface area contributed by atoms with Crippen molar-refractivity contribution in [1.29, 1.82) is 0 Å². The van der Waals surface area contributed by atoms with E-state index in [4.69, 9.17) is 15.7 Å². The summed E-state index contributed by atoms with van der Waals surface area (Å²) >= 11 is 0. The van der Waals surface area contributed by atoms with Gasteiger partial charge in [-0.05, 0) is 36.2 Å². The molecular weight excluding hydrogens is 240 g/mol. The lowest BCUT2D eigenvalue weighted by molar-refractivity contribution is 0.305. The molecule has 4 heteroatoms. The van der Waals surface area contributed by atoms with Crippen molar-refractivity contribution in [2.75, 3.05) is 0 Å². The van der Waals surface area contributed by atoms with Crippen molar-refractivity contribution in [3.05, 3.63) is 65.2 Å². The quantitative estimate of drug-likeness (QED) is 0.382. The van der Waals surface area contributed by atoms with Crippen LogP contribution in [0.25, 0.3) is 0 Å². The Balaban J connectivity index is 2.10. The second-order valence-corrected chi connectivity index (χ2v) is 4.23. The van der Waals surface area contributed by atoms with Gasteiger partial charge in [-0.3, -0.25) is 0 Å². The number of aryl methyl sites for hydroxylation is 1. The molecule has 0 spiro atoms. The molecule has 2 aromatic carbocycles. The zero-order valence-corrected chi connectivity index (χ0v) is 10.7. The molecule has 0 amide bonds. The Morgan fingerprint density at radius 1 is 1.21 bits per heavy atom. The van der Waals surface area contributed by atoms with Crippen LogP contribution in [0, 0.1) is 6.92 Å². The van der Waals surface area contributed by atoms with Gasteiger partial charge in [0.1, 0.15) is 12.4 Å². The molecule has 0 fully saturated rings. The van der Waals surface area contributed by atoms with Crippen LogP contribution in [0.3, 0.4) is 0 Å². The molecule has 0 atom stereocenters. The average Bonchev–Trinajstić information content (AvgIpc) is 2.46. The van der Waals surface area contributed by atoms with Crippen molar-refractivity contribution >= 4 is 5.84 Å². The molecule has 98 valence electrons. The van der Waals surface area contributed by atoms with Crippen LogP contribution in [0.15, 0.2) is 53.7 Å². The number of oxime groups is 1. The molecule has 2 rings (SSSR count). The summed E-state index contributed by atoms with van der Waals surface area (Å²) in [7, 11) is 0. The molecule has 0 heterocycles. The summed E-state index contributed by atoms with van der Waals surface area (Å²) in [4.78, 5) is 0. The number of ether oxygens (including phenoxy) is 1. The van der Waals surface area contributed by atoms with Gasteiger partial charge in [0.25, 0.3) is 0 Å². The molecule has 0 aliphatic carbocycles. The van der Waals surface area contributed by atoms with Crippen molar-refractivity contribution < 1.29 is 9.94 Å². The number of nitrogens with zero attached hydrogens (tertiary/aromatic N) is 1. The third-order valence-electron chi connectivity index (χ3n) is 2.88. The van der Waals surface area contributed by atoms with E-state index in [0.29, 0.717) is 12.2 Å². The Labute approximate surface area is 112 Å². The van der Waals surface area contributed by atoms with Gasteiger partial charge in [-0.25, -0.2) is 0 Å². The molecule has 2 aromatic rings. The molecule has 3 N–H and O–H groups in total. The third-order valence-corrected chi connectivity index (χ3v) is 2.88. The van der Waals surface area contributed by atoms with Crippen LogP contribution in [0.5, 0.6) is 5.75 Å². The first-order valence-electron chi connectivity index (χ1n) is 5.96. The summed E-state index contributed by atoms with van der Waals surface area (Å²) in [6.07, 6.45) is 0. The van der Waals surface area contributed by atoms with Crippen LogP contribution in [-0.4, -0.2) is 11.0 Å². The standard InChI is InChI=1S/C15H16N2O2/c1-11-9-12(15(16)17-18)7-8-13(11)10-19-14-5-3-2-4-6-14/h2-9,18H,10H2,1H3,(H2,16,17). The van der Waals surface area contributed by atoms with Crippen LogP contribution in [-0.2, 0) is 6.61 Å². The summed E-state index contributed by atoms with van der Waals surface area (Å²) in [6, 6.07) is 15.3. The van der Waals surface area contributed by atoms with E-state index in [9.17, 15) is 0 Å². The van der Waals surface area contributed by atoms with Crippen molar-refractivity contribution in [1.82, 2.24) is 0 Å². The van der Waals surface area contributed by atoms with Gasteiger partial charge >= 0.3 is 0 Å². The van der Waals surface area contributed by atoms with Crippen molar-refractivity contribution in [3.8, 4) is 5.75 Å². The van der Waals surface area contributed by atoms with E-state index >= 15 is 0 Å². The predicted molar refractivity (Wildman–Crippen MR) is 74.5 cm³/mol. The Morgan fingerprint density at radius 3 is 2.58 bits per heavy atom. The molecule has 0 radical (unpaired) electrons. The lowest BCUT2D eigenvalue weighted by atomic mass is 10.1. The maximum Gasteiger partial charge on any atom is 0.170 e. The number of rotatable bonds is 4. The van der Waals surface area contributed by atoms with Gasteiger partial charge in [0.15, 0.2) is 5.84 Å². The van der Waals surface area contributed by atoms with E-state index in [-0.39, 0.29) is 5.84 Å². The number of hydrogen-bond acceptors (Lipinski definition) is 3. The van der Waals surface area contributed by atoms with E-state index in [1.807, 2.05) is 55.5 Å². The van der Waals surface area contributed by atoms with E-state index < -0.39 is 0 Å². The fraction of sp³-hybridized carbons (Fsp3) is 0.133. The smallest absolute Gasteiger partial charge is 0.170 e. The highest BCUT2D eigenvalue weighted by Crippen LogP contribution is 2.15. The molecule has 0 bridgehead atoms.